The van der Waals surface area contributed by atoms with Crippen molar-refractivity contribution < 1.29 is 107 Å². The molecule has 0 saturated carbocycles. The molecule has 0 aromatic carbocycles. The number of guanidine groups is 1. The predicted octanol–water partition coefficient (Wildman–Crippen LogP) is -2.85. The summed E-state index contributed by atoms with van der Waals surface area (Å²) in [6, 6.07) is -4.99. The lowest BCUT2D eigenvalue weighted by molar-refractivity contribution is -0.525. The van der Waals surface area contributed by atoms with Gasteiger partial charge in [0.15, 0.2) is 11.1 Å². The number of nitrogens with one attached hydrogen (secondary N) is 2. The van der Waals surface area contributed by atoms with Crippen LogP contribution in [0.5, 0.6) is 0 Å². The zero-order chi connectivity index (χ0) is 57.2. The molecular weight excluding hydrogens is 1060 g/mol. The van der Waals surface area contributed by atoms with Crippen LogP contribution in [-0.4, -0.2) is 222 Å². The summed E-state index contributed by atoms with van der Waals surface area (Å²) in [6.45, 7) is 2.04. The molecule has 0 amide bonds. The quantitative estimate of drug-likeness (QED) is 0.00860. The van der Waals surface area contributed by atoms with Crippen molar-refractivity contribution in [2.45, 2.75) is 158 Å². The molecule has 0 aliphatic rings. The van der Waals surface area contributed by atoms with Crippen molar-refractivity contribution in [2.24, 2.45) is 45.1 Å². The van der Waals surface area contributed by atoms with E-state index in [2.05, 4.69) is 15.2 Å². The molecule has 0 aromatic heterocycles. The Morgan fingerprint density at radius 3 is 1.31 bits per heavy atom. The smallest absolute Gasteiger partial charge is 0.333 e. The highest BCUT2D eigenvalue weighted by Gasteiger charge is 2.26. The number of hydrazine groups is 1. The molecule has 35 nitrogen and oxygen atoms in total. The Labute approximate surface area is 451 Å². The number of carboxylic acid groups (broad SMARTS) is 8. The summed E-state index contributed by atoms with van der Waals surface area (Å²) in [6.07, 6.45) is 2.96. The second kappa shape index (κ2) is 57.6. The minimum absolute atomic E-state index is 0. The van der Waals surface area contributed by atoms with Gasteiger partial charge in [-0.05, 0) is 79.1 Å². The Kier molecular flexibility index (Phi) is 74.8. The van der Waals surface area contributed by atoms with Crippen LogP contribution in [-0.2, 0) is 48.5 Å². The van der Waals surface area contributed by atoms with Gasteiger partial charge < -0.3 is 101 Å². The number of aliphatic carboxylic acids is 8. The van der Waals surface area contributed by atoms with Crippen molar-refractivity contribution in [2.75, 3.05) is 52.6 Å². The molecule has 7 unspecified atom stereocenters. The Hall–Kier alpha value is -6.06. The number of unbranched alkanes of at least 4 members (excludes halogenated alkanes) is 2. The van der Waals surface area contributed by atoms with Gasteiger partial charge in [-0.25, -0.2) is 19.9 Å². The number of hydrogen-bond acceptors (Lipinski definition) is 23. The Bertz CT molecular complexity index is 1730. The molecule has 0 aromatic rings. The van der Waals surface area contributed by atoms with E-state index in [1.165, 1.54) is 6.92 Å². The first-order chi connectivity index (χ1) is 32.3. The standard InChI is InChI=1S/C11H20N2O6.C8H18N2O2.C6H13N5O4.C4H9NO3.C3H7NO5S.C3H7NO3.6CH4/c12-7(10(16)17)3-1-2-6-13-8(11(18)19)4-5-9(14)15;1-10(2)6-4-3-5-7(9)8(11)12;7-4(5(12)13)2-1-3-9-6(8)10-11(14)15;1-4(5,2-6)3(7)8;4-2(3(5)6)1-10(7,8)9;4-1-2(5)3(6)7;;;;;;/h7-8,13H,1-6,12H2,(H,14,15)(H,16,17)(H,18,19);7H,3-6,9H2,1-2H3,(H,11,12);4H,1-3,7H2,(H,12,13)(H3,8,9,10);6H,2,5H2,1H3,(H,7,8);2H,1,4H2,(H,5,6)(H,7,8,9);2,5H,1,4H2,(H,6,7);6*1H4. The van der Waals surface area contributed by atoms with Crippen LogP contribution in [0, 0.1) is 10.1 Å². The third-order valence-electron chi connectivity index (χ3n) is 7.79. The first kappa shape index (κ1) is 99.9. The SMILES string of the molecule is C.C.C.C.C.C.CC(N)(CO)C(=O)O.CN(C)CCCCC(N)C(=O)O.NC(=NCCCC(N)C(=O)O)N[N+](=O)[O-].NC(CCCCNC(CCC(=O)O)C(=O)O)C(=O)O.NC(CS(=O)(=O)O)C(=O)O.NCC(O)C(=O)O. The minimum atomic E-state index is -4.27. The van der Waals surface area contributed by atoms with E-state index in [1.54, 1.807) is 5.43 Å². The molecule has 0 aliphatic carbocycles. The molecule has 36 heteroatoms. The van der Waals surface area contributed by atoms with Crippen molar-refractivity contribution in [1.82, 2.24) is 15.6 Å². The van der Waals surface area contributed by atoms with Crippen LogP contribution in [0.3, 0.4) is 0 Å². The van der Waals surface area contributed by atoms with Crippen molar-refractivity contribution in [3.63, 3.8) is 0 Å². The number of aliphatic hydroxyl groups is 2. The largest absolute Gasteiger partial charge is 0.481 e. The molecule has 0 fully saturated rings. The topological polar surface area (TPSA) is 658 Å². The van der Waals surface area contributed by atoms with Crippen molar-refractivity contribution in [1.29, 1.82) is 0 Å². The molecule has 0 aliphatic heterocycles. The van der Waals surface area contributed by atoms with Crippen LogP contribution in [0.15, 0.2) is 4.99 Å². The lowest BCUT2D eigenvalue weighted by atomic mass is 10.1. The van der Waals surface area contributed by atoms with Gasteiger partial charge in [0.2, 0.25) is 0 Å². The fourth-order valence-electron chi connectivity index (χ4n) is 3.62. The van der Waals surface area contributed by atoms with E-state index in [0.29, 0.717) is 38.6 Å². The molecule has 0 radical (unpaired) electrons. The van der Waals surface area contributed by atoms with Gasteiger partial charge in [0.1, 0.15) is 41.5 Å². The van der Waals surface area contributed by atoms with Crippen LogP contribution in [0.4, 0.5) is 0 Å². The zero-order valence-corrected chi connectivity index (χ0v) is 40.2. The Balaban J connectivity index is -0.0000000667. The van der Waals surface area contributed by atoms with Gasteiger partial charge in [0, 0.05) is 19.5 Å². The number of aliphatic hydroxyl groups excluding tert-OH is 2. The number of rotatable bonds is 30. The minimum Gasteiger partial charge on any atom is -0.481 e. The number of aliphatic imine (C=N–C) groups is 1. The first-order valence-electron chi connectivity index (χ1n) is 20.5. The van der Waals surface area contributed by atoms with Crippen molar-refractivity contribution in [3.05, 3.63) is 10.1 Å². The summed E-state index contributed by atoms with van der Waals surface area (Å²) < 4.78 is 28.0. The lowest BCUT2D eigenvalue weighted by Gasteiger charge is -2.13. The normalized spacial score (nSPS) is 13.0. The monoisotopic (exact) mass is 1160 g/mol. The fourth-order valence-corrected chi connectivity index (χ4v) is 4.21. The van der Waals surface area contributed by atoms with Gasteiger partial charge in [-0.1, -0.05) is 62.8 Å². The Morgan fingerprint density at radius 2 is 1.06 bits per heavy atom. The van der Waals surface area contributed by atoms with E-state index >= 15 is 0 Å². The molecule has 0 saturated heterocycles. The number of nitrogens with two attached hydrogens (primary N) is 7. The average Bonchev–Trinajstić information content (AvgIpc) is 3.23. The third kappa shape index (κ3) is 76.6. The molecule has 0 heterocycles. The average molecular weight is 1160 g/mol. The van der Waals surface area contributed by atoms with E-state index in [0.717, 1.165) is 19.4 Å². The van der Waals surface area contributed by atoms with Crippen molar-refractivity contribution in [3.8, 4) is 0 Å². The number of hydrogen-bond donors (Lipinski definition) is 20. The summed E-state index contributed by atoms with van der Waals surface area (Å²) in [7, 11) is -0.280. The second-order valence-corrected chi connectivity index (χ2v) is 16.3. The van der Waals surface area contributed by atoms with Crippen LogP contribution in [0.25, 0.3) is 0 Å². The van der Waals surface area contributed by atoms with E-state index in [4.69, 9.17) is 95.8 Å². The fraction of sp³-hybridized carbons (Fsp3) is 0.780. The molecule has 27 N–H and O–H groups in total. The van der Waals surface area contributed by atoms with Crippen LogP contribution >= 0.6 is 0 Å². The van der Waals surface area contributed by atoms with E-state index in [1.807, 2.05) is 14.1 Å². The summed E-state index contributed by atoms with van der Waals surface area (Å²) in [4.78, 5) is 97.2. The highest BCUT2D eigenvalue weighted by molar-refractivity contribution is 7.85. The third-order valence-corrected chi connectivity index (χ3v) is 8.57. The Morgan fingerprint density at radius 1 is 0.675 bits per heavy atom. The maximum Gasteiger partial charge on any atom is 0.333 e. The summed E-state index contributed by atoms with van der Waals surface area (Å²) in [5.74, 6) is -10.4. The van der Waals surface area contributed by atoms with Crippen LogP contribution in [0.2, 0.25) is 0 Å². The number of carbonyl (C=O) groups is 8. The predicted molar refractivity (Wildman–Crippen MR) is 288 cm³/mol. The molecule has 0 bridgehead atoms. The molecule has 7 atom stereocenters. The van der Waals surface area contributed by atoms with Crippen molar-refractivity contribution >= 4 is 63.8 Å². The summed E-state index contributed by atoms with van der Waals surface area (Å²) in [5, 5.41) is 95.0. The molecule has 77 heavy (non-hydrogen) atoms. The van der Waals surface area contributed by atoms with Gasteiger partial charge in [0.05, 0.1) is 6.61 Å². The second-order valence-electron chi connectivity index (χ2n) is 14.8. The first-order valence-corrected chi connectivity index (χ1v) is 22.1. The number of nitro groups is 1. The maximum atomic E-state index is 10.8. The number of nitrogens with zero attached hydrogens (tertiary/aromatic N) is 3. The molecular formula is C41H98N12O23S. The van der Waals surface area contributed by atoms with Gasteiger partial charge in [-0.2, -0.15) is 8.42 Å². The highest BCUT2D eigenvalue weighted by atomic mass is 32.2. The van der Waals surface area contributed by atoms with Crippen LogP contribution in [0.1, 0.15) is 116 Å². The molecule has 466 valence electrons. The van der Waals surface area contributed by atoms with E-state index in [-0.39, 0.29) is 82.9 Å². The summed E-state index contributed by atoms with van der Waals surface area (Å²) >= 11 is 0. The van der Waals surface area contributed by atoms with E-state index in [9.17, 15) is 56.9 Å². The zero-order valence-electron chi connectivity index (χ0n) is 39.4. The van der Waals surface area contributed by atoms with Gasteiger partial charge >= 0.3 is 47.8 Å². The highest BCUT2D eigenvalue weighted by Crippen LogP contribution is 2.02. The lowest BCUT2D eigenvalue weighted by Crippen LogP contribution is -2.48. The van der Waals surface area contributed by atoms with E-state index < -0.39 is 117 Å². The van der Waals surface area contributed by atoms with Gasteiger partial charge in [0.25, 0.3) is 16.1 Å². The van der Waals surface area contributed by atoms with Crippen LogP contribution < -0.4 is 50.9 Å². The van der Waals surface area contributed by atoms with Gasteiger partial charge in [-0.15, -0.1) is 0 Å². The maximum absolute atomic E-state index is 10.8. The molecule has 0 rings (SSSR count). The molecule has 0 spiro atoms. The van der Waals surface area contributed by atoms with Gasteiger partial charge in [-0.3, -0.25) is 38.1 Å². The number of carboxylic acids is 8. The summed E-state index contributed by atoms with van der Waals surface area (Å²) in [5.41, 5.74) is 35.6.